The van der Waals surface area contributed by atoms with Crippen molar-refractivity contribution in [3.8, 4) is 0 Å². The van der Waals surface area contributed by atoms with Gasteiger partial charge in [0.05, 0.1) is 16.2 Å². The molecule has 0 aliphatic rings. The third-order valence-corrected chi connectivity index (χ3v) is 5.30. The lowest BCUT2D eigenvalue weighted by molar-refractivity contribution is -0.115. The minimum absolute atomic E-state index is 0.0878. The number of aromatic nitrogens is 2. The van der Waals surface area contributed by atoms with Gasteiger partial charge >= 0.3 is 0 Å². The van der Waals surface area contributed by atoms with Crippen molar-refractivity contribution in [2.24, 2.45) is 0 Å². The smallest absolute Gasteiger partial charge is 0.262 e. The van der Waals surface area contributed by atoms with Crippen LogP contribution in [0.2, 0.25) is 0 Å². The molecule has 0 aliphatic heterocycles. The molecule has 1 amide bonds. The Morgan fingerprint density at radius 1 is 1.24 bits per heavy atom. The van der Waals surface area contributed by atoms with E-state index in [1.807, 2.05) is 0 Å². The number of halogens is 2. The maximum Gasteiger partial charge on any atom is 0.262 e. The number of amides is 1. The van der Waals surface area contributed by atoms with Crippen LogP contribution in [0.3, 0.4) is 0 Å². The zero-order valence-electron chi connectivity index (χ0n) is 15.6. The van der Waals surface area contributed by atoms with Crippen LogP contribution in [-0.4, -0.2) is 32.4 Å². The van der Waals surface area contributed by atoms with Gasteiger partial charge in [-0.1, -0.05) is 23.9 Å². The number of anilines is 1. The van der Waals surface area contributed by atoms with E-state index in [1.165, 1.54) is 10.6 Å². The van der Waals surface area contributed by atoms with E-state index < -0.39 is 22.8 Å². The predicted octanol–water partition coefficient (Wildman–Crippen LogP) is 3.18. The number of thioether (sulfide) groups is 1. The minimum Gasteiger partial charge on any atom is -0.396 e. The number of aliphatic hydroxyl groups is 1. The predicted molar refractivity (Wildman–Crippen MR) is 108 cm³/mol. The number of benzene rings is 2. The topological polar surface area (TPSA) is 84.2 Å². The van der Waals surface area contributed by atoms with Crippen molar-refractivity contribution in [2.45, 2.75) is 30.3 Å². The standard InChI is InChI=1S/C20H19F2N3O3S/c1-12(18(27)23-13-7-8-15(21)16(22)11-13)29-20-24-17-6-3-2-5-14(17)19(28)25(20)9-4-10-26/h2-3,5-8,11-12,26H,4,9-10H2,1H3,(H,23,27). The second-order valence-electron chi connectivity index (χ2n) is 6.32. The van der Waals surface area contributed by atoms with Crippen molar-refractivity contribution >= 4 is 34.3 Å². The second kappa shape index (κ2) is 9.15. The summed E-state index contributed by atoms with van der Waals surface area (Å²) in [5.74, 6) is -2.51. The van der Waals surface area contributed by atoms with E-state index >= 15 is 0 Å². The van der Waals surface area contributed by atoms with Crippen molar-refractivity contribution in [3.63, 3.8) is 0 Å². The van der Waals surface area contributed by atoms with Gasteiger partial charge < -0.3 is 10.4 Å². The van der Waals surface area contributed by atoms with E-state index in [-0.39, 0.29) is 24.4 Å². The van der Waals surface area contributed by atoms with Gasteiger partial charge in [-0.05, 0) is 37.6 Å². The molecule has 0 bridgehead atoms. The summed E-state index contributed by atoms with van der Waals surface area (Å²) in [5, 5.41) is 11.8. The molecule has 9 heteroatoms. The van der Waals surface area contributed by atoms with Gasteiger partial charge in [0, 0.05) is 24.9 Å². The fourth-order valence-corrected chi connectivity index (χ4v) is 3.63. The lowest BCUT2D eigenvalue weighted by Gasteiger charge is -2.16. The number of aliphatic hydroxyl groups excluding tert-OH is 1. The van der Waals surface area contributed by atoms with Crippen LogP contribution in [-0.2, 0) is 11.3 Å². The second-order valence-corrected chi connectivity index (χ2v) is 7.63. The lowest BCUT2D eigenvalue weighted by atomic mass is 10.2. The van der Waals surface area contributed by atoms with Crippen LogP contribution in [0.5, 0.6) is 0 Å². The first kappa shape index (κ1) is 20.9. The number of rotatable bonds is 7. The summed E-state index contributed by atoms with van der Waals surface area (Å²) in [6.45, 7) is 1.79. The van der Waals surface area contributed by atoms with Gasteiger partial charge in [-0.15, -0.1) is 0 Å². The molecular weight excluding hydrogens is 400 g/mol. The van der Waals surface area contributed by atoms with E-state index in [0.717, 1.165) is 23.9 Å². The Balaban J connectivity index is 1.86. The first-order valence-electron chi connectivity index (χ1n) is 8.93. The quantitative estimate of drug-likeness (QED) is 0.454. The average Bonchev–Trinajstić information content (AvgIpc) is 2.70. The molecule has 0 saturated heterocycles. The number of carbonyl (C=O) groups excluding carboxylic acids is 1. The summed E-state index contributed by atoms with van der Waals surface area (Å²) in [6, 6.07) is 9.99. The molecule has 3 rings (SSSR count). The summed E-state index contributed by atoms with van der Waals surface area (Å²) < 4.78 is 27.8. The fraction of sp³-hybridized carbons (Fsp3) is 0.250. The molecule has 2 aromatic carbocycles. The van der Waals surface area contributed by atoms with Gasteiger partial charge in [0.2, 0.25) is 5.91 Å². The molecule has 1 atom stereocenters. The largest absolute Gasteiger partial charge is 0.396 e. The summed E-state index contributed by atoms with van der Waals surface area (Å²) in [6.07, 6.45) is 0.364. The summed E-state index contributed by atoms with van der Waals surface area (Å²) in [5.41, 5.74) is 0.388. The van der Waals surface area contributed by atoms with Crippen molar-refractivity contribution in [3.05, 3.63) is 64.5 Å². The highest BCUT2D eigenvalue weighted by molar-refractivity contribution is 8.00. The first-order valence-corrected chi connectivity index (χ1v) is 9.81. The Labute approximate surface area is 169 Å². The highest BCUT2D eigenvalue weighted by atomic mass is 32.2. The molecule has 0 aliphatic carbocycles. The van der Waals surface area contributed by atoms with Crippen LogP contribution in [0, 0.1) is 11.6 Å². The highest BCUT2D eigenvalue weighted by Crippen LogP contribution is 2.24. The van der Waals surface area contributed by atoms with Crippen LogP contribution in [0.4, 0.5) is 14.5 Å². The number of para-hydroxylation sites is 1. The molecule has 0 radical (unpaired) electrons. The van der Waals surface area contributed by atoms with Gasteiger partial charge in [0.25, 0.3) is 5.56 Å². The summed E-state index contributed by atoms with van der Waals surface area (Å²) >= 11 is 1.07. The van der Waals surface area contributed by atoms with E-state index in [9.17, 15) is 18.4 Å². The first-order chi connectivity index (χ1) is 13.9. The van der Waals surface area contributed by atoms with Crippen LogP contribution in [0.15, 0.2) is 52.4 Å². The Morgan fingerprint density at radius 2 is 2.00 bits per heavy atom. The molecule has 0 spiro atoms. The zero-order chi connectivity index (χ0) is 21.0. The SMILES string of the molecule is CC(Sc1nc2ccccc2c(=O)n1CCCO)C(=O)Nc1ccc(F)c(F)c1. The number of carbonyl (C=O) groups is 1. The molecule has 0 fully saturated rings. The number of nitrogens with zero attached hydrogens (tertiary/aromatic N) is 2. The molecule has 1 heterocycles. The van der Waals surface area contributed by atoms with Crippen LogP contribution >= 0.6 is 11.8 Å². The van der Waals surface area contributed by atoms with Crippen LogP contribution < -0.4 is 10.9 Å². The number of fused-ring (bicyclic) bond motifs is 1. The average molecular weight is 419 g/mol. The maximum absolute atomic E-state index is 13.3. The maximum atomic E-state index is 13.3. The van der Waals surface area contributed by atoms with Gasteiger partial charge in [-0.25, -0.2) is 13.8 Å². The molecule has 1 unspecified atom stereocenters. The minimum atomic E-state index is -1.06. The van der Waals surface area contributed by atoms with Crippen molar-refractivity contribution in [1.29, 1.82) is 0 Å². The molecule has 152 valence electrons. The van der Waals surface area contributed by atoms with E-state index in [2.05, 4.69) is 10.3 Å². The van der Waals surface area contributed by atoms with Crippen molar-refractivity contribution in [1.82, 2.24) is 9.55 Å². The zero-order valence-corrected chi connectivity index (χ0v) is 16.4. The molecule has 6 nitrogen and oxygen atoms in total. The van der Waals surface area contributed by atoms with E-state index in [0.29, 0.717) is 22.5 Å². The van der Waals surface area contributed by atoms with Gasteiger partial charge in [0.1, 0.15) is 0 Å². The molecule has 29 heavy (non-hydrogen) atoms. The van der Waals surface area contributed by atoms with Crippen molar-refractivity contribution < 1.29 is 18.7 Å². The monoisotopic (exact) mass is 419 g/mol. The molecular formula is C20H19F2N3O3S. The molecule has 0 saturated carbocycles. The Bertz CT molecular complexity index is 1100. The van der Waals surface area contributed by atoms with Crippen molar-refractivity contribution in [2.75, 3.05) is 11.9 Å². The Morgan fingerprint density at radius 3 is 2.72 bits per heavy atom. The molecule has 1 aromatic heterocycles. The normalized spacial score (nSPS) is 12.1. The molecule has 3 aromatic rings. The van der Waals surface area contributed by atoms with Gasteiger partial charge in [0.15, 0.2) is 16.8 Å². The van der Waals surface area contributed by atoms with E-state index in [4.69, 9.17) is 5.11 Å². The third-order valence-electron chi connectivity index (χ3n) is 4.20. The number of hydrogen-bond donors (Lipinski definition) is 2. The fourth-order valence-electron chi connectivity index (χ4n) is 2.69. The Kier molecular flexibility index (Phi) is 6.60. The van der Waals surface area contributed by atoms with Crippen LogP contribution in [0.25, 0.3) is 10.9 Å². The van der Waals surface area contributed by atoms with E-state index in [1.54, 1.807) is 31.2 Å². The van der Waals surface area contributed by atoms with Crippen LogP contribution in [0.1, 0.15) is 13.3 Å². The Hall–Kier alpha value is -2.78. The summed E-state index contributed by atoms with van der Waals surface area (Å²) in [4.78, 5) is 29.8. The number of nitrogens with one attached hydrogen (secondary N) is 1. The number of hydrogen-bond acceptors (Lipinski definition) is 5. The highest BCUT2D eigenvalue weighted by Gasteiger charge is 2.20. The van der Waals surface area contributed by atoms with Gasteiger partial charge in [-0.2, -0.15) is 0 Å². The third kappa shape index (κ3) is 4.80. The lowest BCUT2D eigenvalue weighted by Crippen LogP contribution is -2.27. The molecule has 2 N–H and O–H groups in total. The van der Waals surface area contributed by atoms with Gasteiger partial charge in [-0.3, -0.25) is 14.2 Å². The summed E-state index contributed by atoms with van der Waals surface area (Å²) in [7, 11) is 0.